The Labute approximate surface area is 133 Å². The number of fused-ring (bicyclic) bond motifs is 1. The van der Waals surface area contributed by atoms with Gasteiger partial charge in [0.25, 0.3) is 0 Å². The van der Waals surface area contributed by atoms with Gasteiger partial charge < -0.3 is 14.4 Å². The second-order valence-corrected chi connectivity index (χ2v) is 6.04. The van der Waals surface area contributed by atoms with Gasteiger partial charge in [0.2, 0.25) is 12.7 Å². The molecular formula is C17H17NO3S. The van der Waals surface area contributed by atoms with E-state index in [9.17, 15) is 4.79 Å². The Kier molecular flexibility index (Phi) is 4.44. The first kappa shape index (κ1) is 14.7. The van der Waals surface area contributed by atoms with Gasteiger partial charge in [0.15, 0.2) is 11.5 Å². The van der Waals surface area contributed by atoms with E-state index in [1.165, 1.54) is 4.88 Å². The zero-order chi connectivity index (χ0) is 15.4. The summed E-state index contributed by atoms with van der Waals surface area (Å²) in [4.78, 5) is 15.5. The van der Waals surface area contributed by atoms with Gasteiger partial charge in [0.05, 0.1) is 13.0 Å². The van der Waals surface area contributed by atoms with Crippen LogP contribution in [0.25, 0.3) is 0 Å². The molecule has 0 bridgehead atoms. The first-order valence-corrected chi connectivity index (χ1v) is 7.94. The van der Waals surface area contributed by atoms with E-state index >= 15 is 0 Å². The second kappa shape index (κ2) is 6.66. The smallest absolute Gasteiger partial charge is 0.231 e. The van der Waals surface area contributed by atoms with Crippen molar-refractivity contribution in [2.45, 2.75) is 13.0 Å². The van der Waals surface area contributed by atoms with Crippen LogP contribution in [0.2, 0.25) is 0 Å². The van der Waals surface area contributed by atoms with Gasteiger partial charge in [-0.3, -0.25) is 4.79 Å². The number of ether oxygens (including phenoxy) is 2. The van der Waals surface area contributed by atoms with E-state index in [1.54, 1.807) is 17.4 Å². The molecule has 1 aliphatic heterocycles. The van der Waals surface area contributed by atoms with Crippen LogP contribution in [-0.4, -0.2) is 24.1 Å². The highest BCUT2D eigenvalue weighted by Crippen LogP contribution is 2.32. The third kappa shape index (κ3) is 3.31. The number of thiophene rings is 1. The highest BCUT2D eigenvalue weighted by atomic mass is 32.1. The predicted molar refractivity (Wildman–Crippen MR) is 86.2 cm³/mol. The van der Waals surface area contributed by atoms with Gasteiger partial charge in [0.1, 0.15) is 0 Å². The van der Waals surface area contributed by atoms with E-state index in [4.69, 9.17) is 9.47 Å². The average molecular weight is 315 g/mol. The zero-order valence-corrected chi connectivity index (χ0v) is 13.0. The molecule has 0 radical (unpaired) electrons. The molecule has 1 aromatic carbocycles. The minimum atomic E-state index is 0.0761. The van der Waals surface area contributed by atoms with Crippen LogP contribution in [0.15, 0.2) is 48.4 Å². The lowest BCUT2D eigenvalue weighted by molar-refractivity contribution is -0.130. The number of carbonyl (C=O) groups excluding carboxylic acids is 1. The van der Waals surface area contributed by atoms with Crippen molar-refractivity contribution in [3.05, 3.63) is 58.8 Å². The van der Waals surface area contributed by atoms with E-state index in [-0.39, 0.29) is 12.7 Å². The van der Waals surface area contributed by atoms with Crippen LogP contribution in [0.4, 0.5) is 0 Å². The summed E-state index contributed by atoms with van der Waals surface area (Å²) in [5, 5.41) is 2.02. The highest BCUT2D eigenvalue weighted by molar-refractivity contribution is 7.09. The average Bonchev–Trinajstić information content (AvgIpc) is 3.17. The van der Waals surface area contributed by atoms with Crippen LogP contribution in [0, 0.1) is 0 Å². The van der Waals surface area contributed by atoms with E-state index < -0.39 is 0 Å². The van der Waals surface area contributed by atoms with Crippen LogP contribution in [-0.2, 0) is 17.8 Å². The molecule has 4 nitrogen and oxygen atoms in total. The zero-order valence-electron chi connectivity index (χ0n) is 12.2. The number of hydrogen-bond acceptors (Lipinski definition) is 4. The molecule has 0 unspecified atom stereocenters. The maximum absolute atomic E-state index is 12.5. The molecule has 22 heavy (non-hydrogen) atoms. The summed E-state index contributed by atoms with van der Waals surface area (Å²) in [6, 6.07) is 9.66. The fourth-order valence-electron chi connectivity index (χ4n) is 2.34. The topological polar surface area (TPSA) is 38.8 Å². The molecule has 1 amide bonds. The fourth-order valence-corrected chi connectivity index (χ4v) is 3.06. The van der Waals surface area contributed by atoms with Gasteiger partial charge in [-0.15, -0.1) is 17.9 Å². The summed E-state index contributed by atoms with van der Waals surface area (Å²) >= 11 is 1.65. The van der Waals surface area contributed by atoms with Crippen LogP contribution in [0.1, 0.15) is 10.4 Å². The lowest BCUT2D eigenvalue weighted by Crippen LogP contribution is -2.31. The highest BCUT2D eigenvalue weighted by Gasteiger charge is 2.17. The lowest BCUT2D eigenvalue weighted by Gasteiger charge is -2.20. The first-order valence-electron chi connectivity index (χ1n) is 7.06. The van der Waals surface area contributed by atoms with Gasteiger partial charge in [0, 0.05) is 11.4 Å². The maximum atomic E-state index is 12.5. The van der Waals surface area contributed by atoms with Crippen molar-refractivity contribution in [2.24, 2.45) is 0 Å². The third-order valence-electron chi connectivity index (χ3n) is 3.42. The summed E-state index contributed by atoms with van der Waals surface area (Å²) in [6.07, 6.45) is 2.10. The molecular weight excluding hydrogens is 298 g/mol. The summed E-state index contributed by atoms with van der Waals surface area (Å²) in [5.74, 6) is 1.52. The van der Waals surface area contributed by atoms with Gasteiger partial charge in [-0.05, 0) is 29.1 Å². The van der Waals surface area contributed by atoms with Crippen LogP contribution < -0.4 is 9.47 Å². The normalized spacial score (nSPS) is 12.2. The number of hydrogen-bond donors (Lipinski definition) is 0. The fraction of sp³-hybridized carbons (Fsp3) is 0.235. The Balaban J connectivity index is 1.69. The summed E-state index contributed by atoms with van der Waals surface area (Å²) in [6.45, 7) is 5.14. The minimum absolute atomic E-state index is 0.0761. The molecule has 0 fully saturated rings. The summed E-state index contributed by atoms with van der Waals surface area (Å²) in [7, 11) is 0. The van der Waals surface area contributed by atoms with Crippen LogP contribution >= 0.6 is 11.3 Å². The molecule has 5 heteroatoms. The van der Waals surface area contributed by atoms with E-state index in [2.05, 4.69) is 6.58 Å². The predicted octanol–water partition coefficient (Wildman–Crippen LogP) is 3.23. The van der Waals surface area contributed by atoms with Gasteiger partial charge in [-0.25, -0.2) is 0 Å². The Bertz CT molecular complexity index is 667. The molecule has 0 aliphatic carbocycles. The molecule has 0 saturated carbocycles. The van der Waals surface area contributed by atoms with Crippen molar-refractivity contribution in [1.29, 1.82) is 0 Å². The van der Waals surface area contributed by atoms with Crippen molar-refractivity contribution in [2.75, 3.05) is 13.3 Å². The molecule has 2 aromatic rings. The molecule has 3 rings (SSSR count). The van der Waals surface area contributed by atoms with Crippen molar-refractivity contribution >= 4 is 17.2 Å². The van der Waals surface area contributed by atoms with E-state index in [0.29, 0.717) is 25.3 Å². The monoisotopic (exact) mass is 315 g/mol. The third-order valence-corrected chi connectivity index (χ3v) is 4.28. The molecule has 1 aliphatic rings. The summed E-state index contributed by atoms with van der Waals surface area (Å²) < 4.78 is 10.6. The largest absolute Gasteiger partial charge is 0.454 e. The first-order chi connectivity index (χ1) is 10.8. The van der Waals surface area contributed by atoms with Crippen LogP contribution in [0.3, 0.4) is 0 Å². The van der Waals surface area contributed by atoms with Gasteiger partial charge >= 0.3 is 0 Å². The number of rotatable bonds is 6. The molecule has 114 valence electrons. The molecule has 0 spiro atoms. The SMILES string of the molecule is C=CCN(Cc1cccs1)C(=O)Cc1ccc2c(c1)OCO2. The quantitative estimate of drug-likeness (QED) is 0.768. The van der Waals surface area contributed by atoms with E-state index in [1.807, 2.05) is 40.6 Å². The molecule has 1 aromatic heterocycles. The van der Waals surface area contributed by atoms with Crippen LogP contribution in [0.5, 0.6) is 11.5 Å². The number of carbonyl (C=O) groups is 1. The number of amides is 1. The molecule has 0 N–H and O–H groups in total. The number of nitrogens with zero attached hydrogens (tertiary/aromatic N) is 1. The molecule has 2 heterocycles. The maximum Gasteiger partial charge on any atom is 0.231 e. The molecule has 0 saturated heterocycles. The van der Waals surface area contributed by atoms with Crippen molar-refractivity contribution < 1.29 is 14.3 Å². The van der Waals surface area contributed by atoms with Gasteiger partial charge in [-0.2, -0.15) is 0 Å². The van der Waals surface area contributed by atoms with Crippen molar-refractivity contribution in [1.82, 2.24) is 4.90 Å². The number of benzene rings is 1. The Morgan fingerprint density at radius 1 is 1.32 bits per heavy atom. The standard InChI is InChI=1S/C17H17NO3S/c1-2-7-18(11-14-4-3-8-22-14)17(19)10-13-5-6-15-16(9-13)21-12-20-15/h2-6,8-9H,1,7,10-12H2. The lowest BCUT2D eigenvalue weighted by atomic mass is 10.1. The minimum Gasteiger partial charge on any atom is -0.454 e. The Morgan fingerprint density at radius 2 is 2.18 bits per heavy atom. The van der Waals surface area contributed by atoms with E-state index in [0.717, 1.165) is 11.3 Å². The summed E-state index contributed by atoms with van der Waals surface area (Å²) in [5.41, 5.74) is 0.925. The van der Waals surface area contributed by atoms with Crippen molar-refractivity contribution in [3.63, 3.8) is 0 Å². The van der Waals surface area contributed by atoms with Gasteiger partial charge in [-0.1, -0.05) is 18.2 Å². The Hall–Kier alpha value is -2.27. The molecule has 0 atom stereocenters. The van der Waals surface area contributed by atoms with Crippen molar-refractivity contribution in [3.8, 4) is 11.5 Å². The Morgan fingerprint density at radius 3 is 2.95 bits per heavy atom. The second-order valence-electron chi connectivity index (χ2n) is 5.01.